The number of nitrogens with two attached hydrogens (primary N) is 1. The van der Waals surface area contributed by atoms with Crippen LogP contribution in [0, 0.1) is 5.92 Å². The van der Waals surface area contributed by atoms with E-state index in [2.05, 4.69) is 35.2 Å². The van der Waals surface area contributed by atoms with Crippen LogP contribution in [0.2, 0.25) is 0 Å². The number of amides is 1. The number of aromatic nitrogens is 1. The van der Waals surface area contributed by atoms with Crippen molar-refractivity contribution in [2.24, 2.45) is 16.6 Å². The van der Waals surface area contributed by atoms with Crippen molar-refractivity contribution < 1.29 is 4.79 Å². The number of hydrogen-bond acceptors (Lipinski definition) is 3. The molecule has 0 aliphatic heterocycles. The lowest BCUT2D eigenvalue weighted by Gasteiger charge is -2.07. The smallest absolute Gasteiger partial charge is 0.250 e. The largest absolute Gasteiger partial charge is 0.387 e. The molecular formula is C26H36N4O. The summed E-state index contributed by atoms with van der Waals surface area (Å²) in [7, 11) is 0. The van der Waals surface area contributed by atoms with E-state index in [9.17, 15) is 4.79 Å². The molecule has 1 heterocycles. The van der Waals surface area contributed by atoms with Crippen LogP contribution >= 0.6 is 0 Å². The van der Waals surface area contributed by atoms with Crippen LogP contribution in [0.25, 0.3) is 10.8 Å². The standard InChI is InChI=1S/C24H30N4O.C2H6/c1-4-9-19(24(29)28-16-18(2)3)10-7-8-13-26-23(25)15-22-14-20-11-5-6-12-21(20)17-27-22;1-2/h5-14,17-18H,4,15-16H2,1-3H3,(H2,25,26)(H,28,29);1-2H3/b10-7-,13-8+,19-9+;. The van der Waals surface area contributed by atoms with Crippen molar-refractivity contribution >= 4 is 22.5 Å². The number of allylic oxidation sites excluding steroid dienone is 3. The zero-order valence-electron chi connectivity index (χ0n) is 19.4. The highest BCUT2D eigenvalue weighted by Crippen LogP contribution is 2.13. The number of hydrogen-bond donors (Lipinski definition) is 2. The molecule has 1 amide bonds. The van der Waals surface area contributed by atoms with E-state index in [1.165, 1.54) is 0 Å². The molecule has 0 saturated carbocycles. The van der Waals surface area contributed by atoms with E-state index in [-0.39, 0.29) is 5.91 Å². The topological polar surface area (TPSA) is 80.4 Å². The number of rotatable bonds is 9. The molecule has 0 unspecified atom stereocenters. The SMILES string of the molecule is CC.CC\C=C(/C=C\C=C\N=C(N)Cc1cc2ccccc2cn1)C(=O)NCC(C)C. The average Bonchev–Trinajstić information content (AvgIpc) is 2.77. The van der Waals surface area contributed by atoms with Gasteiger partial charge < -0.3 is 11.1 Å². The second-order valence-electron chi connectivity index (χ2n) is 7.19. The first kappa shape index (κ1) is 25.8. The molecule has 166 valence electrons. The van der Waals surface area contributed by atoms with Gasteiger partial charge in [0.2, 0.25) is 0 Å². The summed E-state index contributed by atoms with van der Waals surface area (Å²) >= 11 is 0. The van der Waals surface area contributed by atoms with Crippen molar-refractivity contribution in [1.29, 1.82) is 0 Å². The van der Waals surface area contributed by atoms with Gasteiger partial charge in [-0.2, -0.15) is 0 Å². The summed E-state index contributed by atoms with van der Waals surface area (Å²) in [6.07, 6.45) is 12.0. The van der Waals surface area contributed by atoms with Crippen LogP contribution < -0.4 is 11.1 Å². The number of fused-ring (bicyclic) bond motifs is 1. The van der Waals surface area contributed by atoms with Gasteiger partial charge in [0.05, 0.1) is 0 Å². The molecule has 0 spiro atoms. The minimum absolute atomic E-state index is 0.0596. The van der Waals surface area contributed by atoms with Crippen molar-refractivity contribution in [3.05, 3.63) is 78.3 Å². The van der Waals surface area contributed by atoms with E-state index in [0.29, 0.717) is 30.3 Å². The molecule has 2 aromatic rings. The summed E-state index contributed by atoms with van der Waals surface area (Å²) in [6, 6.07) is 10.1. The maximum atomic E-state index is 12.2. The molecule has 5 nitrogen and oxygen atoms in total. The Balaban J connectivity index is 0.00000233. The molecule has 0 aliphatic carbocycles. The van der Waals surface area contributed by atoms with Gasteiger partial charge in [-0.3, -0.25) is 9.78 Å². The number of nitrogens with zero attached hydrogens (tertiary/aromatic N) is 2. The molecule has 31 heavy (non-hydrogen) atoms. The van der Waals surface area contributed by atoms with Crippen molar-refractivity contribution in [2.75, 3.05) is 6.54 Å². The third-order valence-electron chi connectivity index (χ3n) is 4.12. The summed E-state index contributed by atoms with van der Waals surface area (Å²) in [5.74, 6) is 0.840. The molecule has 0 saturated heterocycles. The Bertz CT molecular complexity index is 939. The molecule has 2 rings (SSSR count). The molecule has 1 aromatic heterocycles. The minimum atomic E-state index is -0.0596. The quantitative estimate of drug-likeness (QED) is 0.249. The predicted molar refractivity (Wildman–Crippen MR) is 133 cm³/mol. The van der Waals surface area contributed by atoms with E-state index >= 15 is 0 Å². The predicted octanol–water partition coefficient (Wildman–Crippen LogP) is 5.34. The number of nitrogens with one attached hydrogen (secondary N) is 1. The highest BCUT2D eigenvalue weighted by molar-refractivity contribution is 5.96. The number of carbonyl (C=O) groups is 1. The van der Waals surface area contributed by atoms with Gasteiger partial charge >= 0.3 is 0 Å². The summed E-state index contributed by atoms with van der Waals surface area (Å²) < 4.78 is 0. The second kappa shape index (κ2) is 14.7. The summed E-state index contributed by atoms with van der Waals surface area (Å²) in [4.78, 5) is 20.9. The van der Waals surface area contributed by atoms with Gasteiger partial charge in [-0.15, -0.1) is 0 Å². The number of pyridine rings is 1. The van der Waals surface area contributed by atoms with Crippen LogP contribution in [-0.2, 0) is 11.2 Å². The molecule has 5 heteroatoms. The Morgan fingerprint density at radius 3 is 2.58 bits per heavy atom. The zero-order valence-corrected chi connectivity index (χ0v) is 19.4. The first-order valence-corrected chi connectivity index (χ1v) is 11.0. The van der Waals surface area contributed by atoms with E-state index in [0.717, 1.165) is 22.9 Å². The van der Waals surface area contributed by atoms with E-state index in [1.54, 1.807) is 24.4 Å². The molecule has 0 aliphatic rings. The maximum absolute atomic E-state index is 12.2. The Morgan fingerprint density at radius 1 is 1.19 bits per heavy atom. The lowest BCUT2D eigenvalue weighted by atomic mass is 10.1. The van der Waals surface area contributed by atoms with Gasteiger partial charge in [-0.25, -0.2) is 4.99 Å². The highest BCUT2D eigenvalue weighted by Gasteiger charge is 2.05. The molecule has 0 fully saturated rings. The average molecular weight is 421 g/mol. The van der Waals surface area contributed by atoms with Gasteiger partial charge in [-0.1, -0.05) is 71.0 Å². The lowest BCUT2D eigenvalue weighted by molar-refractivity contribution is -0.117. The molecular weight excluding hydrogens is 384 g/mol. The molecule has 1 aromatic carbocycles. The number of carbonyl (C=O) groups excluding carboxylic acids is 1. The van der Waals surface area contributed by atoms with E-state index in [1.807, 2.05) is 57.3 Å². The van der Waals surface area contributed by atoms with E-state index in [4.69, 9.17) is 5.73 Å². The summed E-state index contributed by atoms with van der Waals surface area (Å²) in [6.45, 7) is 10.8. The summed E-state index contributed by atoms with van der Waals surface area (Å²) in [5, 5.41) is 5.17. The Morgan fingerprint density at radius 2 is 1.90 bits per heavy atom. The van der Waals surface area contributed by atoms with Crippen molar-refractivity contribution in [1.82, 2.24) is 10.3 Å². The highest BCUT2D eigenvalue weighted by atomic mass is 16.1. The fraction of sp³-hybridized carbons (Fsp3) is 0.346. The Labute approximate surface area is 186 Å². The fourth-order valence-electron chi connectivity index (χ4n) is 2.66. The maximum Gasteiger partial charge on any atom is 0.250 e. The van der Waals surface area contributed by atoms with Gasteiger partial charge in [0, 0.05) is 42.0 Å². The van der Waals surface area contributed by atoms with Crippen LogP contribution in [0.1, 0.15) is 46.7 Å². The van der Waals surface area contributed by atoms with Crippen LogP contribution in [0.4, 0.5) is 0 Å². The molecule has 0 bridgehead atoms. The van der Waals surface area contributed by atoms with E-state index < -0.39 is 0 Å². The Kier molecular flexibility index (Phi) is 12.3. The van der Waals surface area contributed by atoms with Gasteiger partial charge in [-0.05, 0) is 35.9 Å². The van der Waals surface area contributed by atoms with Gasteiger partial charge in [0.25, 0.3) is 5.91 Å². The number of amidine groups is 1. The molecule has 0 radical (unpaired) electrons. The second-order valence-corrected chi connectivity index (χ2v) is 7.19. The molecule has 3 N–H and O–H groups in total. The first-order valence-electron chi connectivity index (χ1n) is 11.0. The monoisotopic (exact) mass is 420 g/mol. The minimum Gasteiger partial charge on any atom is -0.387 e. The normalized spacial score (nSPS) is 12.5. The van der Waals surface area contributed by atoms with Crippen LogP contribution in [-0.4, -0.2) is 23.3 Å². The van der Waals surface area contributed by atoms with Crippen molar-refractivity contribution in [3.63, 3.8) is 0 Å². The lowest BCUT2D eigenvalue weighted by Crippen LogP contribution is -2.28. The van der Waals surface area contributed by atoms with Crippen LogP contribution in [0.3, 0.4) is 0 Å². The first-order chi connectivity index (χ1) is 15.0. The third-order valence-corrected chi connectivity index (χ3v) is 4.12. The fourth-order valence-corrected chi connectivity index (χ4v) is 2.66. The number of aliphatic imine (C=N–C) groups is 1. The van der Waals surface area contributed by atoms with Gasteiger partial charge in [0.1, 0.15) is 5.84 Å². The number of benzene rings is 1. The zero-order chi connectivity index (χ0) is 23.1. The van der Waals surface area contributed by atoms with Crippen LogP contribution in [0.5, 0.6) is 0 Å². The van der Waals surface area contributed by atoms with Crippen molar-refractivity contribution in [2.45, 2.75) is 47.5 Å². The van der Waals surface area contributed by atoms with Gasteiger partial charge in [0.15, 0.2) is 0 Å². The third kappa shape index (κ3) is 9.90. The molecule has 0 atom stereocenters. The summed E-state index contributed by atoms with van der Waals surface area (Å²) in [5.41, 5.74) is 7.54. The Hall–Kier alpha value is -3.21. The van der Waals surface area contributed by atoms with Crippen LogP contribution in [0.15, 0.2) is 77.6 Å². The van der Waals surface area contributed by atoms with Crippen molar-refractivity contribution in [3.8, 4) is 0 Å².